The summed E-state index contributed by atoms with van der Waals surface area (Å²) in [6.07, 6.45) is 3.22. The van der Waals surface area contributed by atoms with Crippen LogP contribution in [0.5, 0.6) is 0 Å². The second-order valence-electron chi connectivity index (χ2n) is 5.27. The Hall–Kier alpha value is -1.45. The molecule has 1 nitrogen and oxygen atoms in total. The smallest absolute Gasteiger partial charge is 0.180 e. The quantitative estimate of drug-likeness (QED) is 0.589. The lowest BCUT2D eigenvalue weighted by Crippen LogP contribution is -2.17. The maximum atomic E-state index is 12.8. The minimum Gasteiger partial charge on any atom is -0.293 e. The summed E-state index contributed by atoms with van der Waals surface area (Å²) in [6.45, 7) is 0. The average molecular weight is 298 g/mol. The van der Waals surface area contributed by atoms with Crippen molar-refractivity contribution in [3.63, 3.8) is 0 Å². The van der Waals surface area contributed by atoms with Crippen molar-refractivity contribution in [2.75, 3.05) is 0 Å². The Morgan fingerprint density at radius 3 is 2.95 bits per heavy atom. The fourth-order valence-corrected chi connectivity index (χ4v) is 5.19. The zero-order chi connectivity index (χ0) is 13.5. The Labute approximate surface area is 125 Å². The van der Waals surface area contributed by atoms with Gasteiger partial charge in [0.2, 0.25) is 0 Å². The molecule has 0 saturated carbocycles. The molecule has 1 aliphatic rings. The number of thiophene rings is 2. The minimum atomic E-state index is 0.0627. The SMILES string of the molecule is O=C(c1cc2sccc2s1)C1CCCc2ccccc21. The molecule has 1 aromatic carbocycles. The van der Waals surface area contributed by atoms with Crippen molar-refractivity contribution < 1.29 is 4.79 Å². The van der Waals surface area contributed by atoms with Gasteiger partial charge in [0.15, 0.2) is 5.78 Å². The van der Waals surface area contributed by atoms with Crippen molar-refractivity contribution >= 4 is 37.9 Å². The van der Waals surface area contributed by atoms with Gasteiger partial charge in [0.1, 0.15) is 0 Å². The van der Waals surface area contributed by atoms with Gasteiger partial charge in [-0.2, -0.15) is 0 Å². The molecule has 0 N–H and O–H groups in total. The van der Waals surface area contributed by atoms with Gasteiger partial charge in [-0.3, -0.25) is 4.79 Å². The lowest BCUT2D eigenvalue weighted by molar-refractivity contribution is 0.0955. The van der Waals surface area contributed by atoms with E-state index in [9.17, 15) is 4.79 Å². The second kappa shape index (κ2) is 4.83. The number of hydrogen-bond acceptors (Lipinski definition) is 3. The van der Waals surface area contributed by atoms with Gasteiger partial charge < -0.3 is 0 Å². The molecular weight excluding hydrogens is 284 g/mol. The Morgan fingerprint density at radius 2 is 2.05 bits per heavy atom. The van der Waals surface area contributed by atoms with E-state index in [2.05, 4.69) is 41.8 Å². The number of benzene rings is 1. The number of Topliss-reactive ketones (excluding diaryl/α,β-unsaturated/α-hetero) is 1. The minimum absolute atomic E-state index is 0.0627. The maximum absolute atomic E-state index is 12.8. The third-order valence-corrected chi connectivity index (χ3v) is 6.18. The van der Waals surface area contributed by atoms with Crippen LogP contribution in [0.4, 0.5) is 0 Å². The Morgan fingerprint density at radius 1 is 1.15 bits per heavy atom. The molecule has 1 unspecified atom stereocenters. The Kier molecular flexibility index (Phi) is 2.97. The molecule has 2 aromatic heterocycles. The highest BCUT2D eigenvalue weighted by molar-refractivity contribution is 7.27. The number of ketones is 1. The zero-order valence-electron chi connectivity index (χ0n) is 11.0. The summed E-state index contributed by atoms with van der Waals surface area (Å²) in [7, 11) is 0. The van der Waals surface area contributed by atoms with Crippen LogP contribution in [0.1, 0.15) is 39.6 Å². The van der Waals surface area contributed by atoms with Crippen molar-refractivity contribution in [2.24, 2.45) is 0 Å². The highest BCUT2D eigenvalue weighted by Gasteiger charge is 2.28. The summed E-state index contributed by atoms with van der Waals surface area (Å²) in [4.78, 5) is 13.8. The van der Waals surface area contributed by atoms with Crippen LogP contribution in [0.2, 0.25) is 0 Å². The molecule has 4 rings (SSSR count). The van der Waals surface area contributed by atoms with Gasteiger partial charge in [-0.15, -0.1) is 22.7 Å². The second-order valence-corrected chi connectivity index (χ2v) is 7.30. The van der Waals surface area contributed by atoms with Crippen LogP contribution in [-0.4, -0.2) is 5.78 Å². The van der Waals surface area contributed by atoms with Gasteiger partial charge in [-0.05, 0) is 47.9 Å². The van der Waals surface area contributed by atoms with Crippen LogP contribution in [0.25, 0.3) is 9.40 Å². The highest BCUT2D eigenvalue weighted by Crippen LogP contribution is 2.37. The lowest BCUT2D eigenvalue weighted by atomic mass is 9.80. The summed E-state index contributed by atoms with van der Waals surface area (Å²) >= 11 is 3.36. The van der Waals surface area contributed by atoms with Crippen molar-refractivity contribution in [3.8, 4) is 0 Å². The van der Waals surface area contributed by atoms with Crippen molar-refractivity contribution in [1.29, 1.82) is 0 Å². The molecule has 100 valence electrons. The molecular formula is C17H14OS2. The van der Waals surface area contributed by atoms with E-state index in [1.165, 1.54) is 20.5 Å². The van der Waals surface area contributed by atoms with E-state index in [1.54, 1.807) is 22.7 Å². The largest absolute Gasteiger partial charge is 0.293 e. The molecule has 0 amide bonds. The first-order valence-electron chi connectivity index (χ1n) is 6.92. The zero-order valence-corrected chi connectivity index (χ0v) is 12.6. The molecule has 3 heteroatoms. The monoisotopic (exact) mass is 298 g/mol. The van der Waals surface area contributed by atoms with Crippen LogP contribution < -0.4 is 0 Å². The van der Waals surface area contributed by atoms with Crippen LogP contribution in [0, 0.1) is 0 Å². The fraction of sp³-hybridized carbons (Fsp3) is 0.235. The van der Waals surface area contributed by atoms with Crippen molar-refractivity contribution in [1.82, 2.24) is 0 Å². The number of carbonyl (C=O) groups is 1. The number of rotatable bonds is 2. The predicted molar refractivity (Wildman–Crippen MR) is 86.2 cm³/mol. The lowest BCUT2D eigenvalue weighted by Gasteiger charge is -2.23. The molecule has 0 spiro atoms. The summed E-state index contributed by atoms with van der Waals surface area (Å²) < 4.78 is 2.48. The van der Waals surface area contributed by atoms with Crippen molar-refractivity contribution in [3.05, 3.63) is 57.8 Å². The molecule has 2 heterocycles. The van der Waals surface area contributed by atoms with Gasteiger partial charge in [-0.1, -0.05) is 24.3 Å². The van der Waals surface area contributed by atoms with Gasteiger partial charge in [0.25, 0.3) is 0 Å². The van der Waals surface area contributed by atoms with E-state index in [4.69, 9.17) is 0 Å². The average Bonchev–Trinajstić information content (AvgIpc) is 3.07. The fourth-order valence-electron chi connectivity index (χ4n) is 3.09. The number of carbonyl (C=O) groups excluding carboxylic acids is 1. The summed E-state index contributed by atoms with van der Waals surface area (Å²) in [5.74, 6) is 0.373. The molecule has 20 heavy (non-hydrogen) atoms. The van der Waals surface area contributed by atoms with Gasteiger partial charge in [0.05, 0.1) is 4.88 Å². The molecule has 1 atom stereocenters. The molecule has 0 bridgehead atoms. The highest BCUT2D eigenvalue weighted by atomic mass is 32.1. The van der Waals surface area contributed by atoms with E-state index in [0.717, 1.165) is 24.1 Å². The first-order valence-corrected chi connectivity index (χ1v) is 8.61. The predicted octanol–water partition coefficient (Wildman–Crippen LogP) is 5.27. The third kappa shape index (κ3) is 1.93. The Balaban J connectivity index is 1.74. The van der Waals surface area contributed by atoms with E-state index in [1.807, 2.05) is 0 Å². The summed E-state index contributed by atoms with van der Waals surface area (Å²) in [6, 6.07) is 12.6. The van der Waals surface area contributed by atoms with E-state index in [0.29, 0.717) is 5.78 Å². The van der Waals surface area contributed by atoms with E-state index >= 15 is 0 Å². The summed E-state index contributed by atoms with van der Waals surface area (Å²) in [5, 5.41) is 2.09. The van der Waals surface area contributed by atoms with Crippen LogP contribution in [0.3, 0.4) is 0 Å². The third-order valence-electron chi connectivity index (χ3n) is 4.07. The topological polar surface area (TPSA) is 17.1 Å². The van der Waals surface area contributed by atoms with Gasteiger partial charge >= 0.3 is 0 Å². The van der Waals surface area contributed by atoms with Crippen LogP contribution >= 0.6 is 22.7 Å². The van der Waals surface area contributed by atoms with Gasteiger partial charge in [-0.25, -0.2) is 0 Å². The van der Waals surface area contributed by atoms with Crippen LogP contribution in [-0.2, 0) is 6.42 Å². The first kappa shape index (κ1) is 12.3. The van der Waals surface area contributed by atoms with Crippen molar-refractivity contribution in [2.45, 2.75) is 25.2 Å². The summed E-state index contributed by atoms with van der Waals surface area (Å²) in [5.41, 5.74) is 2.61. The molecule has 0 fully saturated rings. The first-order chi connectivity index (χ1) is 9.83. The van der Waals surface area contributed by atoms with E-state index < -0.39 is 0 Å². The molecule has 0 saturated heterocycles. The maximum Gasteiger partial charge on any atom is 0.180 e. The standard InChI is InChI=1S/C17H14OS2/c18-17(16-10-15-14(20-16)8-9-19-15)13-7-3-5-11-4-1-2-6-12(11)13/h1-2,4,6,8-10,13H,3,5,7H2. The van der Waals surface area contributed by atoms with E-state index in [-0.39, 0.29) is 5.92 Å². The molecule has 0 radical (unpaired) electrons. The number of aryl methyl sites for hydroxylation is 1. The molecule has 3 aromatic rings. The van der Waals surface area contributed by atoms with Crippen LogP contribution in [0.15, 0.2) is 41.8 Å². The Bertz CT molecular complexity index is 752. The van der Waals surface area contributed by atoms with Gasteiger partial charge in [0, 0.05) is 15.3 Å². The number of hydrogen-bond donors (Lipinski definition) is 0. The number of fused-ring (bicyclic) bond motifs is 2. The normalized spacial score (nSPS) is 18.1. The molecule has 1 aliphatic carbocycles. The molecule has 0 aliphatic heterocycles.